The molecule has 1 amide bonds. The van der Waals surface area contributed by atoms with Crippen LogP contribution in [-0.4, -0.2) is 84.7 Å². The quantitative estimate of drug-likeness (QED) is 0.305. The third-order valence-corrected chi connectivity index (χ3v) is 8.43. The van der Waals surface area contributed by atoms with E-state index in [1.165, 1.54) is 31.1 Å². The van der Waals surface area contributed by atoms with Crippen molar-refractivity contribution in [3.8, 4) is 23.1 Å². The summed E-state index contributed by atoms with van der Waals surface area (Å²) in [5.74, 6) is -1.72. The molecule has 4 rings (SSSR count). The van der Waals surface area contributed by atoms with Gasteiger partial charge in [-0.3, -0.25) is 14.4 Å². The molecule has 0 bridgehead atoms. The van der Waals surface area contributed by atoms with E-state index >= 15 is 0 Å². The number of nitrogens with zero attached hydrogens (tertiary/aromatic N) is 4. The molecule has 2 heterocycles. The van der Waals surface area contributed by atoms with Gasteiger partial charge >= 0.3 is 5.97 Å². The van der Waals surface area contributed by atoms with Crippen LogP contribution in [0.2, 0.25) is 0 Å². The Balaban J connectivity index is 1.76. The van der Waals surface area contributed by atoms with Crippen molar-refractivity contribution in [2.45, 2.75) is 43.7 Å². The molecule has 0 radical (unpaired) electrons. The lowest BCUT2D eigenvalue weighted by molar-refractivity contribution is -0.176. The van der Waals surface area contributed by atoms with E-state index in [0.29, 0.717) is 25.2 Å². The van der Waals surface area contributed by atoms with Crippen LogP contribution in [-0.2, 0) is 25.0 Å². The summed E-state index contributed by atoms with van der Waals surface area (Å²) in [6, 6.07) is 13.1. The van der Waals surface area contributed by atoms with Gasteiger partial charge in [-0.25, -0.2) is 18.2 Å². The molecule has 0 spiro atoms. The molecule has 1 unspecified atom stereocenters. The smallest absolute Gasteiger partial charge is 0.363 e. The van der Waals surface area contributed by atoms with Gasteiger partial charge in [0.05, 0.1) is 12.0 Å². The van der Waals surface area contributed by atoms with Crippen molar-refractivity contribution in [1.29, 1.82) is 0 Å². The lowest BCUT2D eigenvalue weighted by Crippen LogP contribution is -2.62. The largest absolute Gasteiger partial charge is 0.493 e. The van der Waals surface area contributed by atoms with Gasteiger partial charge < -0.3 is 24.2 Å². The molecular weight excluding hydrogens is 578 g/mol. The fourth-order valence-corrected chi connectivity index (χ4v) is 5.43. The molecule has 13 nitrogen and oxygen atoms in total. The topological polar surface area (TPSA) is 160 Å². The van der Waals surface area contributed by atoms with E-state index in [2.05, 4.69) is 14.7 Å². The number of carbonyl (C=O) groups excluding carboxylic acids is 1. The fourth-order valence-electron chi connectivity index (χ4n) is 4.41. The highest BCUT2D eigenvalue weighted by atomic mass is 32.2. The highest BCUT2D eigenvalue weighted by Gasteiger charge is 2.45. The molecule has 1 fully saturated rings. The number of benzene rings is 2. The molecule has 14 heteroatoms. The van der Waals surface area contributed by atoms with Crippen LogP contribution in [0.3, 0.4) is 0 Å². The zero-order valence-corrected chi connectivity index (χ0v) is 25.4. The molecule has 1 saturated heterocycles. The van der Waals surface area contributed by atoms with E-state index in [9.17, 15) is 23.1 Å². The number of aromatic nitrogens is 2. The minimum absolute atomic E-state index is 0.0201. The Morgan fingerprint density at radius 2 is 1.60 bits per heavy atom. The first-order valence-electron chi connectivity index (χ1n) is 13.4. The summed E-state index contributed by atoms with van der Waals surface area (Å²) >= 11 is 0. The van der Waals surface area contributed by atoms with E-state index in [1.807, 2.05) is 20.8 Å². The lowest BCUT2D eigenvalue weighted by atomic mass is 9.87. The maximum Gasteiger partial charge on any atom is 0.363 e. The second-order valence-electron chi connectivity index (χ2n) is 11.0. The van der Waals surface area contributed by atoms with E-state index in [-0.39, 0.29) is 46.6 Å². The van der Waals surface area contributed by atoms with Crippen LogP contribution in [0.5, 0.6) is 23.1 Å². The number of amides is 1. The van der Waals surface area contributed by atoms with Gasteiger partial charge in [0.25, 0.3) is 21.6 Å². The highest BCUT2D eigenvalue weighted by molar-refractivity contribution is 7.92. The molecule has 1 aliphatic rings. The van der Waals surface area contributed by atoms with Crippen molar-refractivity contribution in [3.05, 3.63) is 60.4 Å². The molecule has 3 aromatic rings. The third kappa shape index (κ3) is 6.97. The first-order chi connectivity index (χ1) is 20.3. The van der Waals surface area contributed by atoms with Crippen molar-refractivity contribution in [2.24, 2.45) is 0 Å². The van der Waals surface area contributed by atoms with Gasteiger partial charge in [0.15, 0.2) is 17.3 Å². The molecule has 230 valence electrons. The molecule has 0 saturated carbocycles. The van der Waals surface area contributed by atoms with Gasteiger partial charge in [0.1, 0.15) is 6.33 Å². The monoisotopic (exact) mass is 613 g/mol. The van der Waals surface area contributed by atoms with Crippen LogP contribution >= 0.6 is 0 Å². The van der Waals surface area contributed by atoms with Crippen molar-refractivity contribution in [1.82, 2.24) is 19.8 Å². The predicted molar refractivity (Wildman–Crippen MR) is 157 cm³/mol. The number of hydrogen-bond donors (Lipinski definition) is 2. The Morgan fingerprint density at radius 1 is 0.977 bits per heavy atom. The summed E-state index contributed by atoms with van der Waals surface area (Å²) in [5.41, 5.74) is -1.19. The van der Waals surface area contributed by atoms with Crippen LogP contribution < -0.4 is 18.9 Å². The number of carbonyl (C=O) groups is 2. The second-order valence-corrected chi connectivity index (χ2v) is 12.7. The fraction of sp³-hybridized carbons (Fsp3) is 0.379. The van der Waals surface area contributed by atoms with E-state index in [4.69, 9.17) is 14.2 Å². The zero-order chi connectivity index (χ0) is 31.4. The van der Waals surface area contributed by atoms with E-state index in [1.54, 1.807) is 41.3 Å². The number of nitrogens with one attached hydrogen (secondary N) is 1. The summed E-state index contributed by atoms with van der Waals surface area (Å²) in [5, 5.41) is 10.3. The number of para-hydroxylation sites is 2. The summed E-state index contributed by atoms with van der Waals surface area (Å²) in [4.78, 5) is 35.1. The van der Waals surface area contributed by atoms with E-state index < -0.39 is 21.7 Å². The lowest BCUT2D eigenvalue weighted by Gasteiger charge is -2.41. The molecule has 1 aromatic heterocycles. The van der Waals surface area contributed by atoms with Gasteiger partial charge in [0.2, 0.25) is 12.2 Å². The van der Waals surface area contributed by atoms with Crippen molar-refractivity contribution >= 4 is 28.2 Å². The van der Waals surface area contributed by atoms with Gasteiger partial charge in [-0.05, 0) is 35.2 Å². The van der Waals surface area contributed by atoms with Gasteiger partial charge in [0, 0.05) is 33.1 Å². The molecule has 2 N–H and O–H groups in total. The predicted octanol–water partition coefficient (Wildman–Crippen LogP) is 3.33. The molecule has 43 heavy (non-hydrogen) atoms. The number of ether oxygens (including phenoxy) is 3. The number of rotatable bonds is 11. The second kappa shape index (κ2) is 12.4. The van der Waals surface area contributed by atoms with E-state index in [0.717, 1.165) is 11.9 Å². The first kappa shape index (κ1) is 31.5. The summed E-state index contributed by atoms with van der Waals surface area (Å²) in [7, 11) is -2.75. The average Bonchev–Trinajstić information content (AvgIpc) is 2.98. The number of carboxylic acid groups (broad SMARTS) is 1. The maximum absolute atomic E-state index is 13.5. The van der Waals surface area contributed by atoms with Crippen molar-refractivity contribution in [2.75, 3.05) is 38.0 Å². The summed E-state index contributed by atoms with van der Waals surface area (Å²) in [6.45, 7) is 8.41. The Kier molecular flexibility index (Phi) is 9.11. The Bertz CT molecular complexity index is 1570. The highest BCUT2D eigenvalue weighted by Crippen LogP contribution is 2.41. The van der Waals surface area contributed by atoms with Gasteiger partial charge in [-0.2, -0.15) is 4.98 Å². The molecular formula is C29H35N5O8S. The van der Waals surface area contributed by atoms with Crippen LogP contribution in [0, 0.1) is 0 Å². The van der Waals surface area contributed by atoms with Crippen LogP contribution in [0.4, 0.5) is 5.82 Å². The van der Waals surface area contributed by atoms with Crippen LogP contribution in [0.25, 0.3) is 0 Å². The number of piperazine rings is 1. The minimum atomic E-state index is -4.18. The SMILES string of the molecule is COc1ccccc1Oc1c(NS(=O)(=O)c2ccc(C(C)(C)C)cc2)ncnc1OC(C)(C(=O)O)N1CCN(C=O)CC1. The number of sulfonamides is 1. The number of carboxylic acids is 1. The van der Waals surface area contributed by atoms with Crippen molar-refractivity contribution in [3.63, 3.8) is 0 Å². The summed E-state index contributed by atoms with van der Waals surface area (Å²) in [6.07, 6.45) is 1.74. The molecule has 1 atom stereocenters. The standard InChI is InChI=1S/C29H35N5O8S/c1-28(2,3)20-10-12-21(13-11-20)43(38,39)32-25-24(41-23-9-7-6-8-22(23)40-5)26(31-18-30-25)42-29(4,27(36)37)34-16-14-33(19-35)15-17-34/h6-13,18-19H,14-17H2,1-5H3,(H,36,37)(H,30,31,32). The van der Waals surface area contributed by atoms with Crippen LogP contribution in [0.15, 0.2) is 59.8 Å². The van der Waals surface area contributed by atoms with Gasteiger partial charge in [-0.1, -0.05) is 45.0 Å². The van der Waals surface area contributed by atoms with Crippen LogP contribution in [0.1, 0.15) is 33.3 Å². The number of anilines is 1. The Morgan fingerprint density at radius 3 is 2.16 bits per heavy atom. The third-order valence-electron chi connectivity index (χ3n) is 7.07. The molecule has 2 aromatic carbocycles. The maximum atomic E-state index is 13.5. The normalized spacial score (nSPS) is 15.7. The molecule has 1 aliphatic heterocycles. The molecule has 0 aliphatic carbocycles. The first-order valence-corrected chi connectivity index (χ1v) is 14.9. The zero-order valence-electron chi connectivity index (χ0n) is 24.6. The number of hydrogen-bond acceptors (Lipinski definition) is 10. The van der Waals surface area contributed by atoms with Crippen molar-refractivity contribution < 1.29 is 37.3 Å². The Labute approximate surface area is 250 Å². The summed E-state index contributed by atoms with van der Waals surface area (Å²) < 4.78 is 46.9. The average molecular weight is 614 g/mol. The Hall–Kier alpha value is -4.43. The number of methoxy groups -OCH3 is 1. The minimum Gasteiger partial charge on any atom is -0.493 e. The van der Waals surface area contributed by atoms with Gasteiger partial charge in [-0.15, -0.1) is 0 Å². The number of aliphatic carboxylic acids is 1.